The van der Waals surface area contributed by atoms with Crippen LogP contribution in [0.5, 0.6) is 0 Å². The Kier molecular flexibility index (Phi) is 3190. The van der Waals surface area contributed by atoms with Gasteiger partial charge in [0.2, 0.25) is 0 Å². The molecule has 0 rings (SSSR count). The molecule has 0 aromatic heterocycles. The van der Waals surface area contributed by atoms with Crippen LogP contribution in [0.15, 0.2) is 0 Å². The summed E-state index contributed by atoms with van der Waals surface area (Å²) in [5.41, 5.74) is 0. The smallest absolute Gasteiger partial charge is 0.759 e. The van der Waals surface area contributed by atoms with Gasteiger partial charge in [-0.05, 0) is 0 Å². The minimum Gasteiger partial charge on any atom is -0.759 e. The molecule has 0 unspecified atom stereocenters. The molecule has 0 aromatic carbocycles. The third kappa shape index (κ3) is 368000. The van der Waals surface area contributed by atoms with Crippen LogP contribution in [0.3, 0.4) is 0 Å². The Morgan fingerprint density at radius 1 is 0.182 bits per heavy atom. The average Bonchev–Trinajstić information content (AvgIpc) is 1.41. The second-order valence-corrected chi connectivity index (χ2v) is 3.67. The summed E-state index contributed by atoms with van der Waals surface area (Å²) in [7, 11) is -15.5. The molecule has 0 amide bonds. The Morgan fingerprint density at radius 2 is 0.182 bits per heavy atom. The second-order valence-electron chi connectivity index (χ2n) is 1.22. The molecule has 39 nitrogen and oxygen atoms in total. The van der Waals surface area contributed by atoms with E-state index in [1.165, 1.54) is 0 Å². The fourth-order valence-corrected chi connectivity index (χ4v) is 0. The topological polar surface area (TPSA) is 1090 Å². The first-order valence-corrected chi connectivity index (χ1v) is 6.00. The van der Waals surface area contributed by atoms with Crippen LogP contribution in [-0.2, 0) is 65.3 Å². The molecule has 44 heteroatoms. The average molecular weight is 886 g/mol. The SMILES string of the molecule is O.O.O.O.O.O.O.O.O.O.O.O.O.O.O.O.O.O.O.O.O.O.O.O.O.O.O.O=S(=O)([O-])[O-].O=S(=O)([O-])[O-].O=S(=O)([O-])[O-].[Fe+3].[Fe+3]. The molecule has 0 bridgehead atoms. The normalized spacial score (nSPS) is 3.95. The van der Waals surface area contributed by atoms with E-state index in [0.717, 1.165) is 0 Å². The summed E-state index contributed by atoms with van der Waals surface area (Å²) < 4.78 is 102. The fourth-order valence-electron chi connectivity index (χ4n) is 0. The Hall–Kier alpha value is -0.431. The van der Waals surface area contributed by atoms with Gasteiger partial charge >= 0.3 is 34.1 Å². The van der Waals surface area contributed by atoms with E-state index >= 15 is 0 Å². The van der Waals surface area contributed by atoms with Crippen LogP contribution in [-0.4, -0.2) is 200 Å². The predicted octanol–water partition coefficient (Wildman–Crippen LogP) is -26.3. The molecule has 0 heterocycles. The molecule has 2 radical (unpaired) electrons. The molecule has 0 fully saturated rings. The van der Waals surface area contributed by atoms with E-state index in [0.29, 0.717) is 0 Å². The molecule has 0 aliphatic heterocycles. The van der Waals surface area contributed by atoms with Gasteiger partial charge in [-0.1, -0.05) is 0 Å². The van der Waals surface area contributed by atoms with Crippen LogP contribution >= 0.6 is 0 Å². The second kappa shape index (κ2) is 238. The molecule has 0 aliphatic rings. The summed E-state index contributed by atoms with van der Waals surface area (Å²) in [4.78, 5) is 0. The summed E-state index contributed by atoms with van der Waals surface area (Å²) in [6.45, 7) is 0. The minimum absolute atomic E-state index is 0. The van der Waals surface area contributed by atoms with Crippen molar-refractivity contribution in [2.45, 2.75) is 0 Å². The van der Waals surface area contributed by atoms with Crippen LogP contribution in [0.4, 0.5) is 0 Å². The summed E-state index contributed by atoms with van der Waals surface area (Å²) in [6, 6.07) is 0. The van der Waals surface area contributed by atoms with Crippen molar-refractivity contribution in [3.05, 3.63) is 0 Å². The van der Waals surface area contributed by atoms with Crippen molar-refractivity contribution in [2.75, 3.05) is 0 Å². The fraction of sp³-hybridized carbons (Fsp3) is 0. The number of hydrogen-bond donors (Lipinski definition) is 0. The molecule has 0 aliphatic carbocycles. The van der Waals surface area contributed by atoms with Crippen molar-refractivity contribution in [3.8, 4) is 0 Å². The predicted molar refractivity (Wildman–Crippen MR) is 129 cm³/mol. The van der Waals surface area contributed by atoms with E-state index < -0.39 is 31.2 Å². The number of hydrogen-bond acceptors (Lipinski definition) is 12. The van der Waals surface area contributed by atoms with Gasteiger partial charge in [0.1, 0.15) is 0 Å². The molecule has 0 spiro atoms. The van der Waals surface area contributed by atoms with Gasteiger partial charge in [0.15, 0.2) is 0 Å². The molecule has 0 atom stereocenters. The van der Waals surface area contributed by atoms with Crippen LogP contribution in [0, 0.1) is 0 Å². The summed E-state index contributed by atoms with van der Waals surface area (Å²) >= 11 is 0. The Labute approximate surface area is 265 Å². The monoisotopic (exact) mass is 886 g/mol. The molecular formula is H54Fe2O39S3. The minimum atomic E-state index is -5.17. The van der Waals surface area contributed by atoms with Crippen molar-refractivity contribution in [3.63, 3.8) is 0 Å². The van der Waals surface area contributed by atoms with E-state index in [9.17, 15) is 0 Å². The van der Waals surface area contributed by atoms with Gasteiger partial charge in [-0.2, -0.15) is 0 Å². The van der Waals surface area contributed by atoms with Gasteiger partial charge in [-0.25, -0.2) is 0 Å². The van der Waals surface area contributed by atoms with Gasteiger partial charge in [0.25, 0.3) is 0 Å². The molecule has 0 aromatic rings. The van der Waals surface area contributed by atoms with Gasteiger partial charge < -0.3 is 175 Å². The summed E-state index contributed by atoms with van der Waals surface area (Å²) in [5, 5.41) is 0. The largest absolute Gasteiger partial charge is 3.00 e. The Morgan fingerprint density at radius 3 is 0.182 bits per heavy atom. The van der Waals surface area contributed by atoms with Gasteiger partial charge in [0.05, 0.1) is 0 Å². The van der Waals surface area contributed by atoms with Crippen LogP contribution < -0.4 is 0 Å². The third-order valence-corrected chi connectivity index (χ3v) is 0. The third-order valence-electron chi connectivity index (χ3n) is 0. The van der Waals surface area contributed by atoms with E-state index in [1.54, 1.807) is 0 Å². The first-order chi connectivity index (χ1) is 6.00. The van der Waals surface area contributed by atoms with Crippen molar-refractivity contribution >= 4 is 31.2 Å². The first-order valence-electron chi connectivity index (χ1n) is 2.00. The summed E-state index contributed by atoms with van der Waals surface area (Å²) in [6.07, 6.45) is 0. The molecule has 0 saturated heterocycles. The van der Waals surface area contributed by atoms with E-state index in [1.807, 2.05) is 0 Å². The Balaban J connectivity index is -0.00000000123. The standard InChI is InChI=1S/2Fe.3H2O4S.27H2O/c;;3*1-5(2,3)4;;;;;;;;;;;;;;;;;;;;;;;;;;;/h;;3*(H2,1,2,3,4);27*1H2/q2*+3;;;;;;;;;;;;;;;;;;;;;;;;;;;;;;/p-6. The molecular weight excluding hydrogens is 832 g/mol. The molecule has 322 valence electrons. The molecule has 0 saturated carbocycles. The van der Waals surface area contributed by atoms with E-state index in [-0.39, 0.29) is 182 Å². The van der Waals surface area contributed by atoms with Crippen molar-refractivity contribution < 1.29 is 235 Å². The summed E-state index contributed by atoms with van der Waals surface area (Å²) in [5.74, 6) is 0. The van der Waals surface area contributed by atoms with Crippen LogP contribution in [0.2, 0.25) is 0 Å². The maximum absolute atomic E-state index is 8.52. The quantitative estimate of drug-likeness (QED) is 0.124. The zero-order valence-electron chi connectivity index (χ0n) is 20.3. The van der Waals surface area contributed by atoms with Gasteiger partial charge in [0, 0.05) is 31.2 Å². The molecule has 44 heavy (non-hydrogen) atoms. The van der Waals surface area contributed by atoms with Crippen LogP contribution in [0.1, 0.15) is 0 Å². The number of rotatable bonds is 0. The Bertz CT molecular complexity index is 348. The zero-order valence-corrected chi connectivity index (χ0v) is 25.0. The van der Waals surface area contributed by atoms with Crippen molar-refractivity contribution in [1.29, 1.82) is 0 Å². The maximum Gasteiger partial charge on any atom is 3.00 e. The van der Waals surface area contributed by atoms with Gasteiger partial charge in [-0.15, -0.1) is 0 Å². The maximum atomic E-state index is 8.52. The van der Waals surface area contributed by atoms with Crippen molar-refractivity contribution in [2.24, 2.45) is 0 Å². The molecule has 54 N–H and O–H groups in total. The first kappa shape index (κ1) is 590. The van der Waals surface area contributed by atoms with E-state index in [2.05, 4.69) is 0 Å². The zero-order chi connectivity index (χ0) is 13.5. The van der Waals surface area contributed by atoms with Crippen molar-refractivity contribution in [1.82, 2.24) is 0 Å². The van der Waals surface area contributed by atoms with E-state index in [4.69, 9.17) is 52.6 Å². The van der Waals surface area contributed by atoms with Crippen LogP contribution in [0.25, 0.3) is 0 Å². The van der Waals surface area contributed by atoms with Gasteiger partial charge in [-0.3, -0.25) is 25.3 Å².